The maximum Gasteiger partial charge on any atom is 0.240 e. The van der Waals surface area contributed by atoms with Crippen molar-refractivity contribution in [2.45, 2.75) is 39.9 Å². The summed E-state index contributed by atoms with van der Waals surface area (Å²) in [5.74, 6) is 0.956. The Morgan fingerprint density at radius 3 is 2.82 bits per heavy atom. The molecule has 0 aliphatic carbocycles. The topological polar surface area (TPSA) is 64.2 Å². The van der Waals surface area contributed by atoms with Crippen molar-refractivity contribution in [3.8, 4) is 0 Å². The predicted octanol–water partition coefficient (Wildman–Crippen LogP) is 0.599. The molecule has 2 heterocycles. The highest BCUT2D eigenvalue weighted by atomic mass is 16.2. The Bertz CT molecular complexity index is 418. The van der Waals surface area contributed by atoms with Crippen LogP contribution in [0.15, 0.2) is 12.4 Å². The van der Waals surface area contributed by atoms with Gasteiger partial charge in [0.15, 0.2) is 0 Å². The van der Waals surface area contributed by atoms with E-state index >= 15 is 0 Å². The van der Waals surface area contributed by atoms with Crippen molar-refractivity contribution in [1.82, 2.24) is 14.5 Å². The van der Waals surface area contributed by atoms with Crippen LogP contribution in [0.25, 0.3) is 0 Å². The number of fused-ring (bicyclic) bond motifs is 1. The molecular formula is C12H20N4O. The minimum Gasteiger partial charge on any atom is -0.332 e. The zero-order valence-corrected chi connectivity index (χ0v) is 10.7. The summed E-state index contributed by atoms with van der Waals surface area (Å²) in [4.78, 5) is 18.3. The van der Waals surface area contributed by atoms with Gasteiger partial charge in [-0.1, -0.05) is 20.8 Å². The molecule has 2 rings (SSSR count). The molecule has 2 N–H and O–H groups in total. The summed E-state index contributed by atoms with van der Waals surface area (Å²) in [6, 6.07) is -0.455. The minimum absolute atomic E-state index is 0.0201. The molecule has 1 aromatic rings. The van der Waals surface area contributed by atoms with Gasteiger partial charge in [-0.05, 0) is 5.41 Å². The highest BCUT2D eigenvalue weighted by molar-refractivity contribution is 5.82. The molecule has 1 aromatic heterocycles. The Morgan fingerprint density at radius 1 is 1.47 bits per heavy atom. The van der Waals surface area contributed by atoms with Crippen LogP contribution in [-0.2, 0) is 17.9 Å². The van der Waals surface area contributed by atoms with Crippen LogP contribution in [-0.4, -0.2) is 32.9 Å². The lowest BCUT2D eigenvalue weighted by Crippen LogP contribution is -2.52. The first-order valence-electron chi connectivity index (χ1n) is 5.94. The highest BCUT2D eigenvalue weighted by Gasteiger charge is 2.32. The zero-order chi connectivity index (χ0) is 12.6. The molecule has 0 saturated heterocycles. The first-order chi connectivity index (χ1) is 7.89. The van der Waals surface area contributed by atoms with Gasteiger partial charge in [0.1, 0.15) is 5.82 Å². The van der Waals surface area contributed by atoms with Gasteiger partial charge in [0.2, 0.25) is 5.91 Å². The largest absolute Gasteiger partial charge is 0.332 e. The molecule has 0 bridgehead atoms. The van der Waals surface area contributed by atoms with Gasteiger partial charge in [-0.3, -0.25) is 4.79 Å². The summed E-state index contributed by atoms with van der Waals surface area (Å²) in [7, 11) is 0. The average Bonchev–Trinajstić information content (AvgIpc) is 2.72. The molecule has 1 aliphatic heterocycles. The second-order valence-corrected chi connectivity index (χ2v) is 5.64. The normalized spacial score (nSPS) is 17.8. The molecule has 0 spiro atoms. The van der Waals surface area contributed by atoms with Crippen molar-refractivity contribution in [2.75, 3.05) is 6.54 Å². The lowest BCUT2D eigenvalue weighted by Gasteiger charge is -2.34. The predicted molar refractivity (Wildman–Crippen MR) is 65.1 cm³/mol. The second kappa shape index (κ2) is 4.14. The maximum atomic E-state index is 12.2. The third-order valence-electron chi connectivity index (χ3n) is 3.26. The Morgan fingerprint density at radius 2 is 2.18 bits per heavy atom. The van der Waals surface area contributed by atoms with Crippen LogP contribution in [0.2, 0.25) is 0 Å². The molecule has 0 saturated carbocycles. The second-order valence-electron chi connectivity index (χ2n) is 5.64. The first-order valence-corrected chi connectivity index (χ1v) is 5.94. The Kier molecular flexibility index (Phi) is 2.95. The Labute approximate surface area is 102 Å². The Balaban J connectivity index is 2.09. The van der Waals surface area contributed by atoms with Gasteiger partial charge >= 0.3 is 0 Å². The van der Waals surface area contributed by atoms with Gasteiger partial charge in [0.25, 0.3) is 0 Å². The maximum absolute atomic E-state index is 12.2. The number of aromatic nitrogens is 2. The fourth-order valence-corrected chi connectivity index (χ4v) is 1.93. The monoisotopic (exact) mass is 236 g/mol. The standard InChI is InChI=1S/C12H20N4O/c1-12(2,3)10(13)11(17)16-7-6-15-5-4-14-9(15)8-16/h4-5,10H,6-8,13H2,1-3H3. The molecule has 1 amide bonds. The number of carbonyl (C=O) groups is 1. The van der Waals surface area contributed by atoms with Crippen molar-refractivity contribution in [1.29, 1.82) is 0 Å². The van der Waals surface area contributed by atoms with E-state index in [0.29, 0.717) is 13.1 Å². The van der Waals surface area contributed by atoms with Gasteiger partial charge in [0.05, 0.1) is 12.6 Å². The minimum atomic E-state index is -0.455. The summed E-state index contributed by atoms with van der Waals surface area (Å²) in [5.41, 5.74) is 5.80. The number of hydrogen-bond donors (Lipinski definition) is 1. The van der Waals surface area contributed by atoms with E-state index in [1.165, 1.54) is 0 Å². The fourth-order valence-electron chi connectivity index (χ4n) is 1.93. The number of nitrogens with zero attached hydrogens (tertiary/aromatic N) is 3. The summed E-state index contributed by atoms with van der Waals surface area (Å²) < 4.78 is 2.08. The number of rotatable bonds is 1. The molecule has 17 heavy (non-hydrogen) atoms. The van der Waals surface area contributed by atoms with Crippen molar-refractivity contribution in [3.05, 3.63) is 18.2 Å². The Hall–Kier alpha value is -1.36. The molecule has 5 heteroatoms. The smallest absolute Gasteiger partial charge is 0.240 e. The number of hydrogen-bond acceptors (Lipinski definition) is 3. The van der Waals surface area contributed by atoms with Crippen LogP contribution in [0.5, 0.6) is 0 Å². The van der Waals surface area contributed by atoms with Gasteiger partial charge in [-0.2, -0.15) is 0 Å². The summed E-state index contributed by atoms with van der Waals surface area (Å²) in [6.07, 6.45) is 3.72. The lowest BCUT2D eigenvalue weighted by molar-refractivity contribution is -0.136. The molecule has 1 atom stereocenters. The van der Waals surface area contributed by atoms with E-state index in [4.69, 9.17) is 5.73 Å². The summed E-state index contributed by atoms with van der Waals surface area (Å²) in [5, 5.41) is 0. The molecule has 1 unspecified atom stereocenters. The van der Waals surface area contributed by atoms with Crippen LogP contribution in [0, 0.1) is 5.41 Å². The van der Waals surface area contributed by atoms with E-state index in [-0.39, 0.29) is 11.3 Å². The van der Waals surface area contributed by atoms with Crippen molar-refractivity contribution in [2.24, 2.45) is 11.1 Å². The van der Waals surface area contributed by atoms with Crippen LogP contribution >= 0.6 is 0 Å². The SMILES string of the molecule is CC(C)(C)C(N)C(=O)N1CCn2ccnc2C1. The number of nitrogens with two attached hydrogens (primary N) is 1. The number of imidazole rings is 1. The van der Waals surface area contributed by atoms with E-state index in [0.717, 1.165) is 12.4 Å². The van der Waals surface area contributed by atoms with Crippen molar-refractivity contribution >= 4 is 5.91 Å². The molecule has 1 aliphatic rings. The quantitative estimate of drug-likeness (QED) is 0.776. The zero-order valence-electron chi connectivity index (χ0n) is 10.7. The van der Waals surface area contributed by atoms with E-state index in [2.05, 4.69) is 9.55 Å². The average molecular weight is 236 g/mol. The van der Waals surface area contributed by atoms with Gasteiger partial charge < -0.3 is 15.2 Å². The third kappa shape index (κ3) is 2.34. The van der Waals surface area contributed by atoms with Gasteiger partial charge in [-0.15, -0.1) is 0 Å². The van der Waals surface area contributed by atoms with E-state index < -0.39 is 6.04 Å². The van der Waals surface area contributed by atoms with E-state index in [1.54, 1.807) is 11.1 Å². The van der Waals surface area contributed by atoms with E-state index in [1.807, 2.05) is 27.0 Å². The number of amides is 1. The van der Waals surface area contributed by atoms with Crippen molar-refractivity contribution in [3.63, 3.8) is 0 Å². The fraction of sp³-hybridized carbons (Fsp3) is 0.667. The summed E-state index contributed by atoms with van der Waals surface area (Å²) >= 11 is 0. The molecular weight excluding hydrogens is 216 g/mol. The first kappa shape index (κ1) is 12.1. The van der Waals surface area contributed by atoms with E-state index in [9.17, 15) is 4.79 Å². The van der Waals surface area contributed by atoms with Crippen LogP contribution < -0.4 is 5.73 Å². The number of carbonyl (C=O) groups excluding carboxylic acids is 1. The van der Waals surface area contributed by atoms with Crippen molar-refractivity contribution < 1.29 is 4.79 Å². The molecule has 5 nitrogen and oxygen atoms in total. The molecule has 0 fully saturated rings. The van der Waals surface area contributed by atoms with Gasteiger partial charge in [0, 0.05) is 25.5 Å². The van der Waals surface area contributed by atoms with Crippen LogP contribution in [0.1, 0.15) is 26.6 Å². The molecule has 94 valence electrons. The summed E-state index contributed by atoms with van der Waals surface area (Å²) in [6.45, 7) is 8.04. The van der Waals surface area contributed by atoms with Crippen LogP contribution in [0.3, 0.4) is 0 Å². The highest BCUT2D eigenvalue weighted by Crippen LogP contribution is 2.21. The van der Waals surface area contributed by atoms with Gasteiger partial charge in [-0.25, -0.2) is 4.98 Å². The molecule has 0 aromatic carbocycles. The van der Waals surface area contributed by atoms with Crippen LogP contribution in [0.4, 0.5) is 0 Å². The third-order valence-corrected chi connectivity index (χ3v) is 3.26. The molecule has 0 radical (unpaired) electrons. The lowest BCUT2D eigenvalue weighted by atomic mass is 9.86.